The molecule has 4 nitrogen and oxygen atoms in total. The van der Waals surface area contributed by atoms with E-state index >= 15 is 0 Å². The number of likely N-dealkylation sites (N-methyl/N-ethyl adjacent to an activating group) is 1. The largest absolute Gasteiger partial charge is 0.381 e. The van der Waals surface area contributed by atoms with Crippen LogP contribution in [0.15, 0.2) is 0 Å². The Labute approximate surface area is 116 Å². The van der Waals surface area contributed by atoms with E-state index in [4.69, 9.17) is 4.74 Å². The lowest BCUT2D eigenvalue weighted by molar-refractivity contribution is -0.137. The van der Waals surface area contributed by atoms with E-state index in [1.54, 1.807) is 0 Å². The molecule has 3 atom stereocenters. The first kappa shape index (κ1) is 14.8. The van der Waals surface area contributed by atoms with Crippen molar-refractivity contribution in [1.29, 1.82) is 0 Å². The van der Waals surface area contributed by atoms with Crippen LogP contribution in [0.1, 0.15) is 46.0 Å². The van der Waals surface area contributed by atoms with Crippen LogP contribution in [0.5, 0.6) is 0 Å². The molecule has 2 aliphatic rings. The fourth-order valence-electron chi connectivity index (χ4n) is 3.94. The lowest BCUT2D eigenvalue weighted by Crippen LogP contribution is -2.66. The highest BCUT2D eigenvalue weighted by Crippen LogP contribution is 2.48. The zero-order chi connectivity index (χ0) is 14.0. The first-order valence-corrected chi connectivity index (χ1v) is 7.60. The van der Waals surface area contributed by atoms with Gasteiger partial charge in [0.05, 0.1) is 6.10 Å². The van der Waals surface area contributed by atoms with Gasteiger partial charge in [-0.15, -0.1) is 0 Å². The van der Waals surface area contributed by atoms with E-state index in [9.17, 15) is 4.79 Å². The number of rotatable bonds is 5. The highest BCUT2D eigenvalue weighted by Gasteiger charge is 2.53. The molecule has 1 aliphatic carbocycles. The van der Waals surface area contributed by atoms with Gasteiger partial charge in [0, 0.05) is 44.6 Å². The van der Waals surface area contributed by atoms with Crippen LogP contribution >= 0.6 is 0 Å². The number of nitrogens with one attached hydrogen (secondary N) is 1. The molecule has 0 aromatic heterocycles. The minimum atomic E-state index is 0.277. The van der Waals surface area contributed by atoms with Crippen molar-refractivity contribution >= 4 is 5.91 Å². The predicted molar refractivity (Wildman–Crippen MR) is 76.0 cm³/mol. The fourth-order valence-corrected chi connectivity index (χ4v) is 3.94. The summed E-state index contributed by atoms with van der Waals surface area (Å²) in [6, 6.07) is 0.988. The number of likely N-dealkylation sites (tertiary alicyclic amines) is 1. The van der Waals surface area contributed by atoms with Gasteiger partial charge in [0.15, 0.2) is 0 Å². The Morgan fingerprint density at radius 1 is 1.42 bits per heavy atom. The molecule has 1 amide bonds. The molecule has 1 heterocycles. The summed E-state index contributed by atoms with van der Waals surface area (Å²) in [6.45, 7) is 5.37. The molecule has 0 unspecified atom stereocenters. The van der Waals surface area contributed by atoms with Crippen molar-refractivity contribution in [3.63, 3.8) is 0 Å². The van der Waals surface area contributed by atoms with Gasteiger partial charge in [-0.1, -0.05) is 13.8 Å². The van der Waals surface area contributed by atoms with Crippen LogP contribution in [-0.2, 0) is 9.53 Å². The molecule has 1 N–H and O–H groups in total. The third-order valence-corrected chi connectivity index (χ3v) is 5.45. The third kappa shape index (κ3) is 2.52. The summed E-state index contributed by atoms with van der Waals surface area (Å²) in [5, 5.41) is 3.79. The maximum atomic E-state index is 11.5. The van der Waals surface area contributed by atoms with Crippen LogP contribution in [0.4, 0.5) is 0 Å². The molecular weight excluding hydrogens is 240 g/mol. The molecular formula is C15H28N2O2. The van der Waals surface area contributed by atoms with Crippen molar-refractivity contribution in [2.24, 2.45) is 5.41 Å². The van der Waals surface area contributed by atoms with Crippen LogP contribution in [-0.4, -0.2) is 49.7 Å². The number of ether oxygens (including phenoxy) is 1. The van der Waals surface area contributed by atoms with Gasteiger partial charge in [0.25, 0.3) is 0 Å². The summed E-state index contributed by atoms with van der Waals surface area (Å²) in [6.07, 6.45) is 5.46. The van der Waals surface area contributed by atoms with Crippen molar-refractivity contribution in [1.82, 2.24) is 10.2 Å². The van der Waals surface area contributed by atoms with Gasteiger partial charge in [-0.25, -0.2) is 0 Å². The zero-order valence-electron chi connectivity index (χ0n) is 12.7. The van der Waals surface area contributed by atoms with Gasteiger partial charge in [0.2, 0.25) is 5.91 Å². The summed E-state index contributed by atoms with van der Waals surface area (Å²) in [7, 11) is 3.73. The Balaban J connectivity index is 1.94. The standard InChI is InChI=1S/C15H28N2O2/c1-5-15(6-2)12(9-13(15)19-4)16-11-7-8-14(18)17(3)10-11/h11-13,16H,5-10H2,1-4H3/t11-,12-,13-/m1/s1. The quantitative estimate of drug-likeness (QED) is 0.826. The summed E-state index contributed by atoms with van der Waals surface area (Å²) >= 11 is 0. The van der Waals surface area contributed by atoms with E-state index in [0.717, 1.165) is 32.2 Å². The second-order valence-electron chi connectivity index (χ2n) is 6.13. The van der Waals surface area contributed by atoms with Crippen LogP contribution in [0.2, 0.25) is 0 Å². The van der Waals surface area contributed by atoms with Gasteiger partial charge in [0.1, 0.15) is 0 Å². The van der Waals surface area contributed by atoms with E-state index in [1.165, 1.54) is 0 Å². The molecule has 2 rings (SSSR count). The van der Waals surface area contributed by atoms with Gasteiger partial charge in [-0.2, -0.15) is 0 Å². The van der Waals surface area contributed by atoms with Crippen molar-refractivity contribution in [3.05, 3.63) is 0 Å². The smallest absolute Gasteiger partial charge is 0.222 e. The Kier molecular flexibility index (Phi) is 4.51. The second-order valence-corrected chi connectivity index (χ2v) is 6.13. The van der Waals surface area contributed by atoms with E-state index in [2.05, 4.69) is 19.2 Å². The number of amides is 1. The average Bonchev–Trinajstić information content (AvgIpc) is 2.40. The number of nitrogens with zero attached hydrogens (tertiary/aromatic N) is 1. The molecule has 1 saturated heterocycles. The third-order valence-electron chi connectivity index (χ3n) is 5.45. The first-order valence-electron chi connectivity index (χ1n) is 7.60. The number of hydrogen-bond donors (Lipinski definition) is 1. The predicted octanol–water partition coefficient (Wildman–Crippen LogP) is 1.79. The molecule has 0 aromatic rings. The lowest BCUT2D eigenvalue weighted by Gasteiger charge is -2.56. The maximum absolute atomic E-state index is 11.5. The van der Waals surface area contributed by atoms with Crippen LogP contribution in [0.25, 0.3) is 0 Å². The number of piperidine rings is 1. The van der Waals surface area contributed by atoms with Gasteiger partial charge in [-0.05, 0) is 25.7 Å². The SMILES string of the molecule is CCC1(CC)[C@H](N[C@@H]2CCC(=O)N(C)C2)C[C@H]1OC. The molecule has 0 aromatic carbocycles. The van der Waals surface area contributed by atoms with Gasteiger partial charge < -0.3 is 15.0 Å². The Morgan fingerprint density at radius 3 is 2.63 bits per heavy atom. The van der Waals surface area contributed by atoms with Gasteiger partial charge in [-0.3, -0.25) is 4.79 Å². The summed E-state index contributed by atoms with van der Waals surface area (Å²) in [5.74, 6) is 0.277. The van der Waals surface area contributed by atoms with Gasteiger partial charge >= 0.3 is 0 Å². The molecule has 0 radical (unpaired) electrons. The van der Waals surface area contributed by atoms with Crippen molar-refractivity contribution in [2.75, 3.05) is 20.7 Å². The molecule has 2 fully saturated rings. The van der Waals surface area contributed by atoms with Crippen LogP contribution in [0.3, 0.4) is 0 Å². The molecule has 1 aliphatic heterocycles. The Hall–Kier alpha value is -0.610. The zero-order valence-corrected chi connectivity index (χ0v) is 12.7. The number of hydrogen-bond acceptors (Lipinski definition) is 3. The Bertz CT molecular complexity index is 328. The molecule has 0 spiro atoms. The summed E-state index contributed by atoms with van der Waals surface area (Å²) in [5.41, 5.74) is 0.286. The second kappa shape index (κ2) is 5.80. The molecule has 4 heteroatoms. The van der Waals surface area contributed by atoms with Crippen LogP contribution in [0, 0.1) is 5.41 Å². The van der Waals surface area contributed by atoms with E-state index in [1.807, 2.05) is 19.1 Å². The number of methoxy groups -OCH3 is 1. The van der Waals surface area contributed by atoms with Crippen molar-refractivity contribution in [3.8, 4) is 0 Å². The Morgan fingerprint density at radius 2 is 2.11 bits per heavy atom. The summed E-state index contributed by atoms with van der Waals surface area (Å²) in [4.78, 5) is 13.4. The minimum absolute atomic E-state index is 0.277. The average molecular weight is 268 g/mol. The highest BCUT2D eigenvalue weighted by molar-refractivity contribution is 5.76. The normalized spacial score (nSPS) is 34.2. The topological polar surface area (TPSA) is 41.6 Å². The number of carbonyl (C=O) groups is 1. The number of carbonyl (C=O) groups excluding carboxylic acids is 1. The van der Waals surface area contributed by atoms with E-state index in [-0.39, 0.29) is 11.3 Å². The highest BCUT2D eigenvalue weighted by atomic mass is 16.5. The van der Waals surface area contributed by atoms with Crippen molar-refractivity contribution in [2.45, 2.75) is 64.1 Å². The van der Waals surface area contributed by atoms with E-state index < -0.39 is 0 Å². The molecule has 0 bridgehead atoms. The molecule has 1 saturated carbocycles. The van der Waals surface area contributed by atoms with Crippen LogP contribution < -0.4 is 5.32 Å². The molecule has 19 heavy (non-hydrogen) atoms. The lowest BCUT2D eigenvalue weighted by atomic mass is 9.58. The first-order chi connectivity index (χ1) is 9.07. The summed E-state index contributed by atoms with van der Waals surface area (Å²) < 4.78 is 5.64. The fraction of sp³-hybridized carbons (Fsp3) is 0.933. The van der Waals surface area contributed by atoms with E-state index in [0.29, 0.717) is 24.6 Å². The monoisotopic (exact) mass is 268 g/mol. The minimum Gasteiger partial charge on any atom is -0.381 e. The maximum Gasteiger partial charge on any atom is 0.222 e. The molecule has 110 valence electrons. The van der Waals surface area contributed by atoms with Crippen molar-refractivity contribution < 1.29 is 9.53 Å².